The summed E-state index contributed by atoms with van der Waals surface area (Å²) in [7, 11) is 0. The summed E-state index contributed by atoms with van der Waals surface area (Å²) in [6.07, 6.45) is 4.09. The van der Waals surface area contributed by atoms with Crippen LogP contribution in [0.25, 0.3) is 0 Å². The zero-order chi connectivity index (χ0) is 17.8. The molecular weight excluding hydrogens is 338 g/mol. The molecule has 0 saturated heterocycles. The first-order valence-electron chi connectivity index (χ1n) is 8.12. The van der Waals surface area contributed by atoms with Crippen LogP contribution in [0.5, 0.6) is 11.6 Å². The summed E-state index contributed by atoms with van der Waals surface area (Å²) < 4.78 is 7.92. The molecule has 3 aromatic rings. The van der Waals surface area contributed by atoms with E-state index in [-0.39, 0.29) is 12.6 Å². The highest BCUT2D eigenvalue weighted by Gasteiger charge is 2.21. The lowest BCUT2D eigenvalue weighted by molar-refractivity contribution is 0.273. The fraction of sp³-hybridized carbons (Fsp3) is 0.263. The number of rotatable bonds is 6. The van der Waals surface area contributed by atoms with Gasteiger partial charge in [0.25, 0.3) is 0 Å². The summed E-state index contributed by atoms with van der Waals surface area (Å²) in [5.41, 5.74) is 2.55. The van der Waals surface area contributed by atoms with Gasteiger partial charge in [-0.2, -0.15) is 5.10 Å². The Morgan fingerprint density at radius 2 is 1.96 bits per heavy atom. The Labute approximate surface area is 151 Å². The Hall–Kier alpha value is -2.37. The van der Waals surface area contributed by atoms with Gasteiger partial charge in [-0.3, -0.25) is 4.98 Å². The number of aromatic nitrogens is 3. The SMILES string of the molecule is CC(C)n1nc(CO)c(Cc2ccncc2)c1Oc1cccc(Cl)c1. The minimum absolute atomic E-state index is 0.0886. The minimum atomic E-state index is -0.147. The molecule has 2 heterocycles. The molecule has 1 N–H and O–H groups in total. The molecule has 3 rings (SSSR count). The largest absolute Gasteiger partial charge is 0.439 e. The number of pyridine rings is 1. The second kappa shape index (κ2) is 7.68. The van der Waals surface area contributed by atoms with E-state index in [0.717, 1.165) is 11.1 Å². The lowest BCUT2D eigenvalue weighted by Gasteiger charge is -2.14. The average Bonchev–Trinajstić information content (AvgIpc) is 2.94. The van der Waals surface area contributed by atoms with E-state index in [4.69, 9.17) is 16.3 Å². The molecule has 0 atom stereocenters. The summed E-state index contributed by atoms with van der Waals surface area (Å²) in [5.74, 6) is 1.26. The van der Waals surface area contributed by atoms with Gasteiger partial charge >= 0.3 is 0 Å². The van der Waals surface area contributed by atoms with Crippen LogP contribution in [0.1, 0.15) is 36.7 Å². The van der Waals surface area contributed by atoms with Crippen molar-refractivity contribution < 1.29 is 9.84 Å². The summed E-state index contributed by atoms with van der Waals surface area (Å²) >= 11 is 6.07. The number of hydrogen-bond donors (Lipinski definition) is 1. The molecule has 5 nitrogen and oxygen atoms in total. The molecular formula is C19H20ClN3O2. The smallest absolute Gasteiger partial charge is 0.221 e. The Morgan fingerprint density at radius 1 is 1.20 bits per heavy atom. The van der Waals surface area contributed by atoms with Gasteiger partial charge in [0.2, 0.25) is 5.88 Å². The maximum atomic E-state index is 9.76. The van der Waals surface area contributed by atoms with E-state index >= 15 is 0 Å². The third-order valence-electron chi connectivity index (χ3n) is 3.82. The maximum Gasteiger partial charge on any atom is 0.221 e. The molecule has 130 valence electrons. The van der Waals surface area contributed by atoms with E-state index in [1.54, 1.807) is 29.2 Å². The van der Waals surface area contributed by atoms with Gasteiger partial charge in [0.15, 0.2) is 0 Å². The predicted molar refractivity (Wildman–Crippen MR) is 97.1 cm³/mol. The van der Waals surface area contributed by atoms with Crippen LogP contribution in [-0.4, -0.2) is 19.9 Å². The number of benzene rings is 1. The normalized spacial score (nSPS) is 11.1. The average molecular weight is 358 g/mol. The molecule has 0 aliphatic heterocycles. The molecule has 0 saturated carbocycles. The molecule has 2 aromatic heterocycles. The second-order valence-electron chi connectivity index (χ2n) is 6.02. The predicted octanol–water partition coefficient (Wildman–Crippen LogP) is 4.39. The van der Waals surface area contributed by atoms with Crippen molar-refractivity contribution in [3.63, 3.8) is 0 Å². The first-order chi connectivity index (χ1) is 12.1. The molecule has 1 aromatic carbocycles. The molecule has 0 radical (unpaired) electrons. The van der Waals surface area contributed by atoms with Crippen LogP contribution in [0.4, 0.5) is 0 Å². The third-order valence-corrected chi connectivity index (χ3v) is 4.06. The van der Waals surface area contributed by atoms with Gasteiger partial charge in [0, 0.05) is 29.4 Å². The highest BCUT2D eigenvalue weighted by molar-refractivity contribution is 6.30. The van der Waals surface area contributed by atoms with Crippen molar-refractivity contribution in [1.29, 1.82) is 0 Å². The van der Waals surface area contributed by atoms with Crippen LogP contribution >= 0.6 is 11.6 Å². The Morgan fingerprint density at radius 3 is 2.60 bits per heavy atom. The van der Waals surface area contributed by atoms with Crippen LogP contribution in [-0.2, 0) is 13.0 Å². The Balaban J connectivity index is 2.05. The fourth-order valence-corrected chi connectivity index (χ4v) is 2.79. The summed E-state index contributed by atoms with van der Waals surface area (Å²) in [5, 5.41) is 14.9. The van der Waals surface area contributed by atoms with E-state index < -0.39 is 0 Å². The van der Waals surface area contributed by atoms with Crippen LogP contribution in [0.2, 0.25) is 5.02 Å². The zero-order valence-corrected chi connectivity index (χ0v) is 14.9. The van der Waals surface area contributed by atoms with E-state index in [1.807, 2.05) is 38.1 Å². The molecule has 0 unspecified atom stereocenters. The van der Waals surface area contributed by atoms with Crippen LogP contribution in [0, 0.1) is 0 Å². The van der Waals surface area contributed by atoms with Crippen molar-refractivity contribution in [2.45, 2.75) is 32.9 Å². The fourth-order valence-electron chi connectivity index (χ4n) is 2.61. The summed E-state index contributed by atoms with van der Waals surface area (Å²) in [4.78, 5) is 4.05. The molecule has 25 heavy (non-hydrogen) atoms. The van der Waals surface area contributed by atoms with Gasteiger partial charge in [0.05, 0.1) is 18.3 Å². The van der Waals surface area contributed by atoms with Gasteiger partial charge in [0.1, 0.15) is 5.75 Å². The summed E-state index contributed by atoms with van der Waals surface area (Å²) in [6, 6.07) is 11.2. The summed E-state index contributed by atoms with van der Waals surface area (Å²) in [6.45, 7) is 3.90. The number of halogens is 1. The highest BCUT2D eigenvalue weighted by atomic mass is 35.5. The third kappa shape index (κ3) is 4.00. The van der Waals surface area contributed by atoms with Crippen molar-refractivity contribution in [3.05, 3.63) is 70.6 Å². The van der Waals surface area contributed by atoms with Crippen molar-refractivity contribution in [1.82, 2.24) is 14.8 Å². The van der Waals surface area contributed by atoms with Gasteiger partial charge < -0.3 is 9.84 Å². The van der Waals surface area contributed by atoms with Gasteiger partial charge in [-0.15, -0.1) is 0 Å². The number of aliphatic hydroxyl groups is 1. The van der Waals surface area contributed by atoms with E-state index in [9.17, 15) is 5.11 Å². The van der Waals surface area contributed by atoms with Crippen LogP contribution in [0.3, 0.4) is 0 Å². The van der Waals surface area contributed by atoms with Crippen molar-refractivity contribution in [2.75, 3.05) is 0 Å². The van der Waals surface area contributed by atoms with Crippen molar-refractivity contribution in [3.8, 4) is 11.6 Å². The molecule has 0 aliphatic rings. The molecule has 0 aliphatic carbocycles. The number of aliphatic hydroxyl groups excluding tert-OH is 1. The molecule has 0 bridgehead atoms. The number of ether oxygens (including phenoxy) is 1. The van der Waals surface area contributed by atoms with E-state index in [1.165, 1.54) is 0 Å². The first-order valence-corrected chi connectivity index (χ1v) is 8.49. The quantitative estimate of drug-likeness (QED) is 0.710. The lowest BCUT2D eigenvalue weighted by Crippen LogP contribution is -2.06. The highest BCUT2D eigenvalue weighted by Crippen LogP contribution is 2.33. The molecule has 0 amide bonds. The van der Waals surface area contributed by atoms with Crippen molar-refractivity contribution in [2.24, 2.45) is 0 Å². The van der Waals surface area contributed by atoms with Gasteiger partial charge in [-0.05, 0) is 49.7 Å². The maximum absolute atomic E-state index is 9.76. The molecule has 0 spiro atoms. The monoisotopic (exact) mass is 357 g/mol. The van der Waals surface area contributed by atoms with Crippen LogP contribution < -0.4 is 4.74 Å². The molecule has 0 fully saturated rings. The van der Waals surface area contributed by atoms with E-state index in [2.05, 4.69) is 10.1 Å². The van der Waals surface area contributed by atoms with Gasteiger partial charge in [-0.1, -0.05) is 17.7 Å². The topological polar surface area (TPSA) is 60.2 Å². The number of nitrogens with zero attached hydrogens (tertiary/aromatic N) is 3. The standard InChI is InChI=1S/C19H20ClN3O2/c1-13(2)23-19(25-16-5-3-4-15(20)11-16)17(18(12-24)22-23)10-14-6-8-21-9-7-14/h3-9,11,13,24H,10,12H2,1-2H3. The van der Waals surface area contributed by atoms with E-state index in [0.29, 0.717) is 28.8 Å². The van der Waals surface area contributed by atoms with Gasteiger partial charge in [-0.25, -0.2) is 4.68 Å². The Bertz CT molecular complexity index is 847. The zero-order valence-electron chi connectivity index (χ0n) is 14.2. The Kier molecular flexibility index (Phi) is 5.36. The number of hydrogen-bond acceptors (Lipinski definition) is 4. The van der Waals surface area contributed by atoms with Crippen LogP contribution in [0.15, 0.2) is 48.8 Å². The molecule has 6 heteroatoms. The minimum Gasteiger partial charge on any atom is -0.439 e. The first kappa shape index (κ1) is 17.5. The lowest BCUT2D eigenvalue weighted by atomic mass is 10.1. The second-order valence-corrected chi connectivity index (χ2v) is 6.45. The van der Waals surface area contributed by atoms with Crippen molar-refractivity contribution >= 4 is 11.6 Å².